The maximum atomic E-state index is 12.8. The van der Waals surface area contributed by atoms with Gasteiger partial charge in [0, 0.05) is 71.6 Å². The molecule has 1 radical (unpaired) electrons. The number of nitrogens with one attached hydrogen (secondary N) is 2. The van der Waals surface area contributed by atoms with Crippen molar-refractivity contribution in [2.75, 3.05) is 11.8 Å². The van der Waals surface area contributed by atoms with Gasteiger partial charge in [0.05, 0.1) is 5.69 Å². The third-order valence-electron chi connectivity index (χ3n) is 5.02. The van der Waals surface area contributed by atoms with Gasteiger partial charge in [0.2, 0.25) is 0 Å². The summed E-state index contributed by atoms with van der Waals surface area (Å²) in [5.74, 6) is 0.576. The van der Waals surface area contributed by atoms with E-state index in [0.29, 0.717) is 34.2 Å². The summed E-state index contributed by atoms with van der Waals surface area (Å²) in [4.78, 5) is 16.9. The monoisotopic (exact) mass is 494 g/mol. The van der Waals surface area contributed by atoms with E-state index in [2.05, 4.69) is 14.4 Å². The van der Waals surface area contributed by atoms with Gasteiger partial charge < -0.3 is 9.15 Å². The minimum absolute atomic E-state index is 0. The molecule has 2 heterocycles. The number of aryl methyl sites for hydroxylation is 2. The fraction of sp³-hybridized carbons (Fsp3) is 0.182. The van der Waals surface area contributed by atoms with Crippen LogP contribution in [0.4, 0.5) is 5.69 Å². The van der Waals surface area contributed by atoms with E-state index in [1.54, 1.807) is 30.5 Å². The van der Waals surface area contributed by atoms with Gasteiger partial charge in [-0.3, -0.25) is 4.72 Å². The maximum Gasteiger partial charge on any atom is 0.340 e. The fourth-order valence-electron chi connectivity index (χ4n) is 3.35. The Hall–Kier alpha value is -2.21. The number of hydrogen-bond donors (Lipinski definition) is 2. The molecule has 0 unspecified atom stereocenters. The van der Waals surface area contributed by atoms with Gasteiger partial charge in [-0.25, -0.2) is 14.5 Å². The summed E-state index contributed by atoms with van der Waals surface area (Å²) >= 11 is 1.38. The van der Waals surface area contributed by atoms with Crippen molar-refractivity contribution in [1.29, 1.82) is 0 Å². The number of nitrogens with zero attached hydrogens (tertiary/aromatic N) is 1. The second-order valence-corrected chi connectivity index (χ2v) is 9.67. The van der Waals surface area contributed by atoms with Crippen molar-refractivity contribution in [2.24, 2.45) is 0 Å². The van der Waals surface area contributed by atoms with E-state index in [9.17, 15) is 13.2 Å². The fourth-order valence-corrected chi connectivity index (χ4v) is 4.39. The van der Waals surface area contributed by atoms with E-state index in [4.69, 9.17) is 9.15 Å². The number of anilines is 1. The summed E-state index contributed by atoms with van der Waals surface area (Å²) < 4.78 is 39.6. The molecular formula is C22H21N3NaO5S2. The molecule has 0 atom stereocenters. The molecule has 4 rings (SSSR count). The molecule has 2 aromatic carbocycles. The number of hydrogen-bond acceptors (Lipinski definition) is 7. The molecule has 0 aliphatic heterocycles. The van der Waals surface area contributed by atoms with Crippen LogP contribution in [-0.2, 0) is 16.6 Å². The second-order valence-electron chi connectivity index (χ2n) is 7.19. The summed E-state index contributed by atoms with van der Waals surface area (Å²) in [6, 6.07) is 10.5. The molecule has 0 aliphatic carbocycles. The van der Waals surface area contributed by atoms with Crippen LogP contribution in [0.15, 0.2) is 57.2 Å². The van der Waals surface area contributed by atoms with Gasteiger partial charge in [0.25, 0.3) is 15.4 Å². The van der Waals surface area contributed by atoms with Gasteiger partial charge in [-0.1, -0.05) is 23.5 Å². The number of benzene rings is 2. The number of rotatable bonds is 7. The zero-order chi connectivity index (χ0) is 22.9. The zero-order valence-corrected chi connectivity index (χ0v) is 22.3. The van der Waals surface area contributed by atoms with Crippen LogP contribution in [0.5, 0.6) is 10.9 Å². The van der Waals surface area contributed by atoms with E-state index >= 15 is 0 Å². The Balaban J connectivity index is 0.00000306. The van der Waals surface area contributed by atoms with Crippen molar-refractivity contribution in [3.63, 3.8) is 0 Å². The van der Waals surface area contributed by atoms with Crippen molar-refractivity contribution in [1.82, 2.24) is 9.71 Å². The Morgan fingerprint density at radius 3 is 2.67 bits per heavy atom. The molecule has 167 valence electrons. The number of thiazole rings is 1. The smallest absolute Gasteiger partial charge is 0.340 e. The van der Waals surface area contributed by atoms with E-state index in [1.807, 2.05) is 31.4 Å². The molecule has 33 heavy (non-hydrogen) atoms. The third kappa shape index (κ3) is 5.84. The van der Waals surface area contributed by atoms with Crippen molar-refractivity contribution in [3.8, 4) is 10.9 Å². The molecule has 0 saturated heterocycles. The molecule has 0 spiro atoms. The molecule has 0 fully saturated rings. The molecule has 2 N–H and O–H groups in total. The predicted molar refractivity (Wildman–Crippen MR) is 131 cm³/mol. The van der Waals surface area contributed by atoms with Crippen LogP contribution in [0.2, 0.25) is 0 Å². The third-order valence-corrected chi connectivity index (χ3v) is 6.71. The first-order chi connectivity index (χ1) is 15.3. The van der Waals surface area contributed by atoms with E-state index in [-0.39, 0.29) is 29.6 Å². The first kappa shape index (κ1) is 25.4. The Bertz CT molecular complexity index is 1450. The minimum atomic E-state index is -3.63. The van der Waals surface area contributed by atoms with Crippen LogP contribution in [-0.4, -0.2) is 50.0 Å². The van der Waals surface area contributed by atoms with E-state index < -0.39 is 15.8 Å². The molecule has 2 aromatic heterocycles. The van der Waals surface area contributed by atoms with E-state index in [0.717, 1.165) is 22.1 Å². The van der Waals surface area contributed by atoms with Gasteiger partial charge in [-0.2, -0.15) is 8.42 Å². The van der Waals surface area contributed by atoms with Crippen molar-refractivity contribution < 1.29 is 17.6 Å². The average Bonchev–Trinajstić information content (AvgIpc) is 3.26. The molecule has 0 bridgehead atoms. The van der Waals surface area contributed by atoms with Gasteiger partial charge in [-0.15, -0.1) is 0 Å². The van der Waals surface area contributed by atoms with Crippen LogP contribution < -0.4 is 19.8 Å². The number of fused-ring (bicyclic) bond motifs is 1. The first-order valence-corrected chi connectivity index (χ1v) is 12.1. The topological polar surface area (TPSA) is 111 Å². The summed E-state index contributed by atoms with van der Waals surface area (Å²) in [6.07, 6.45) is 1.96. The number of aromatic nitrogens is 1. The van der Waals surface area contributed by atoms with Gasteiger partial charge in [-0.05, 0) is 48.7 Å². The van der Waals surface area contributed by atoms with Crippen LogP contribution in [0.25, 0.3) is 11.0 Å². The zero-order valence-electron chi connectivity index (χ0n) is 18.6. The molecule has 0 saturated carbocycles. The Kier molecular flexibility index (Phi) is 7.99. The summed E-state index contributed by atoms with van der Waals surface area (Å²) in [6.45, 7) is 3.80. The van der Waals surface area contributed by atoms with Crippen molar-refractivity contribution in [3.05, 3.63) is 80.6 Å². The molecule has 8 nitrogen and oxygen atoms in total. The van der Waals surface area contributed by atoms with Crippen molar-refractivity contribution in [2.45, 2.75) is 20.3 Å². The Labute approximate surface area is 217 Å². The molecule has 11 heteroatoms. The largest absolute Gasteiger partial charge is 0.430 e. The van der Waals surface area contributed by atoms with Crippen LogP contribution in [0.3, 0.4) is 0 Å². The van der Waals surface area contributed by atoms with Crippen LogP contribution in [0.1, 0.15) is 22.3 Å². The average molecular weight is 495 g/mol. The Morgan fingerprint density at radius 1 is 1.18 bits per heavy atom. The van der Waals surface area contributed by atoms with Gasteiger partial charge >= 0.3 is 5.63 Å². The standard InChI is InChI=1S/C22H21N3O5S2.Na/c1-13-9-17-14(2)18(11-15-5-4-6-16(10-15)25-32(27,28)23-3)21(26)29-20(17)12-19(13)30-22-24-7-8-31-22;/h4-10,12,23,25H,11H2,1-3H3;. The molecular weight excluding hydrogens is 473 g/mol. The normalized spacial score (nSPS) is 11.2. The van der Waals surface area contributed by atoms with E-state index in [1.165, 1.54) is 18.4 Å². The summed E-state index contributed by atoms with van der Waals surface area (Å²) in [5, 5.41) is 3.15. The summed E-state index contributed by atoms with van der Waals surface area (Å²) in [7, 11) is -2.31. The molecule has 0 amide bonds. The quantitative estimate of drug-likeness (QED) is 0.299. The first-order valence-electron chi connectivity index (χ1n) is 9.70. The maximum absolute atomic E-state index is 12.8. The Morgan fingerprint density at radius 2 is 1.97 bits per heavy atom. The second kappa shape index (κ2) is 10.4. The number of ether oxygens (including phenoxy) is 1. The van der Waals surface area contributed by atoms with Crippen LogP contribution >= 0.6 is 11.3 Å². The van der Waals surface area contributed by atoms with Gasteiger partial charge in [0.1, 0.15) is 11.3 Å². The van der Waals surface area contributed by atoms with Gasteiger partial charge in [0.15, 0.2) is 0 Å². The molecule has 4 aromatic rings. The van der Waals surface area contributed by atoms with Crippen LogP contribution in [0, 0.1) is 13.8 Å². The molecule has 0 aliphatic rings. The minimum Gasteiger partial charge on any atom is -0.430 e. The summed E-state index contributed by atoms with van der Waals surface area (Å²) in [5.41, 5.74) is 3.37. The SMILES string of the molecule is CNS(=O)(=O)Nc1cccc(Cc2c(C)c3cc(C)c(Oc4nccs4)cc3oc2=O)c1.[Na]. The van der Waals surface area contributed by atoms with Crippen molar-refractivity contribution >= 4 is 67.8 Å². The predicted octanol–water partition coefficient (Wildman–Crippen LogP) is 3.74.